The summed E-state index contributed by atoms with van der Waals surface area (Å²) in [5.41, 5.74) is 2.94. The Hall–Kier alpha value is -2.82. The number of rotatable bonds is 11. The highest BCUT2D eigenvalue weighted by Gasteiger charge is 2.31. The average molecular weight is 526 g/mol. The average Bonchev–Trinajstić information content (AvgIpc) is 2.88. The van der Waals surface area contributed by atoms with Gasteiger partial charge in [-0.1, -0.05) is 111 Å². The third-order valence-electron chi connectivity index (χ3n) is 6.19. The van der Waals surface area contributed by atoms with E-state index in [9.17, 15) is 9.59 Å². The standard InChI is InChI=1S/C30H34Cl2N2O2/c1-4-28(30(36)33-19-21(2)3)34(20-22-15-16-26(31)27(32)17-22)29(35)18-25(23-11-7-5-8-12-23)24-13-9-6-10-14-24/h5-17,21,25,28H,4,18-20H2,1-3H3,(H,33,36)/t28-/m1/s1. The number of halogens is 2. The summed E-state index contributed by atoms with van der Waals surface area (Å²) in [4.78, 5) is 28.9. The number of amides is 2. The molecule has 6 heteroatoms. The van der Waals surface area contributed by atoms with Crippen LogP contribution in [0.1, 0.15) is 56.2 Å². The Balaban J connectivity index is 1.95. The van der Waals surface area contributed by atoms with Gasteiger partial charge < -0.3 is 10.2 Å². The Morgan fingerprint density at radius 2 is 1.44 bits per heavy atom. The summed E-state index contributed by atoms with van der Waals surface area (Å²) in [5, 5.41) is 3.89. The van der Waals surface area contributed by atoms with Gasteiger partial charge in [0, 0.05) is 25.4 Å². The van der Waals surface area contributed by atoms with Gasteiger partial charge in [0.2, 0.25) is 11.8 Å². The van der Waals surface area contributed by atoms with Crippen LogP contribution in [-0.4, -0.2) is 29.3 Å². The highest BCUT2D eigenvalue weighted by atomic mass is 35.5. The van der Waals surface area contributed by atoms with Crippen LogP contribution in [0.2, 0.25) is 10.0 Å². The molecule has 0 aliphatic rings. The molecule has 3 rings (SSSR count). The fraction of sp³-hybridized carbons (Fsp3) is 0.333. The van der Waals surface area contributed by atoms with Gasteiger partial charge in [0.05, 0.1) is 10.0 Å². The molecule has 0 bridgehead atoms. The van der Waals surface area contributed by atoms with Gasteiger partial charge in [0.15, 0.2) is 0 Å². The lowest BCUT2D eigenvalue weighted by molar-refractivity contribution is -0.141. The van der Waals surface area contributed by atoms with Crippen LogP contribution in [0.5, 0.6) is 0 Å². The Labute approximate surface area is 224 Å². The third kappa shape index (κ3) is 7.59. The van der Waals surface area contributed by atoms with Crippen molar-refractivity contribution in [1.82, 2.24) is 10.2 Å². The van der Waals surface area contributed by atoms with Crippen molar-refractivity contribution in [3.63, 3.8) is 0 Å². The van der Waals surface area contributed by atoms with Gasteiger partial charge in [0.1, 0.15) is 6.04 Å². The van der Waals surface area contributed by atoms with E-state index in [0.29, 0.717) is 28.9 Å². The molecule has 0 aromatic heterocycles. The maximum atomic E-state index is 14.0. The Morgan fingerprint density at radius 1 is 0.861 bits per heavy atom. The van der Waals surface area contributed by atoms with Crippen LogP contribution >= 0.6 is 23.2 Å². The van der Waals surface area contributed by atoms with Crippen molar-refractivity contribution in [2.75, 3.05) is 6.54 Å². The predicted octanol–water partition coefficient (Wildman–Crippen LogP) is 7.10. The number of nitrogens with one attached hydrogen (secondary N) is 1. The van der Waals surface area contributed by atoms with Crippen LogP contribution in [0.15, 0.2) is 78.9 Å². The molecular weight excluding hydrogens is 491 g/mol. The van der Waals surface area contributed by atoms with Crippen molar-refractivity contribution < 1.29 is 9.59 Å². The van der Waals surface area contributed by atoms with Gasteiger partial charge in [-0.3, -0.25) is 9.59 Å². The van der Waals surface area contributed by atoms with Crippen LogP contribution in [0.3, 0.4) is 0 Å². The van der Waals surface area contributed by atoms with E-state index in [-0.39, 0.29) is 30.7 Å². The predicted molar refractivity (Wildman–Crippen MR) is 148 cm³/mol. The molecule has 0 radical (unpaired) electrons. The zero-order valence-corrected chi connectivity index (χ0v) is 22.6. The molecule has 3 aromatic rings. The summed E-state index contributed by atoms with van der Waals surface area (Å²) in [7, 11) is 0. The van der Waals surface area contributed by atoms with Crippen molar-refractivity contribution in [1.29, 1.82) is 0 Å². The fourth-order valence-electron chi connectivity index (χ4n) is 4.27. The maximum Gasteiger partial charge on any atom is 0.242 e. The molecule has 190 valence electrons. The number of hydrogen-bond donors (Lipinski definition) is 1. The van der Waals surface area contributed by atoms with E-state index < -0.39 is 6.04 Å². The molecule has 0 aliphatic heterocycles. The normalized spacial score (nSPS) is 12.0. The first-order chi connectivity index (χ1) is 17.3. The lowest BCUT2D eigenvalue weighted by Crippen LogP contribution is -2.49. The van der Waals surface area contributed by atoms with Crippen LogP contribution in [0.4, 0.5) is 0 Å². The molecule has 2 amide bonds. The quantitative estimate of drug-likeness (QED) is 0.291. The van der Waals surface area contributed by atoms with E-state index in [1.165, 1.54) is 0 Å². The van der Waals surface area contributed by atoms with E-state index in [1.54, 1.807) is 17.0 Å². The lowest BCUT2D eigenvalue weighted by atomic mass is 9.88. The molecule has 0 heterocycles. The first-order valence-electron chi connectivity index (χ1n) is 12.4. The number of carbonyl (C=O) groups excluding carboxylic acids is 2. The molecule has 0 unspecified atom stereocenters. The first kappa shape index (κ1) is 27.8. The van der Waals surface area contributed by atoms with Crippen LogP contribution in [0, 0.1) is 5.92 Å². The molecule has 1 N–H and O–H groups in total. The second kappa shape index (κ2) is 13.5. The molecule has 3 aromatic carbocycles. The minimum Gasteiger partial charge on any atom is -0.354 e. The van der Waals surface area contributed by atoms with Gasteiger partial charge in [-0.25, -0.2) is 0 Å². The molecule has 0 spiro atoms. The van der Waals surface area contributed by atoms with Crippen molar-refractivity contribution in [3.8, 4) is 0 Å². The Morgan fingerprint density at radius 3 is 1.94 bits per heavy atom. The Kier molecular flexibility index (Phi) is 10.4. The lowest BCUT2D eigenvalue weighted by Gasteiger charge is -2.32. The van der Waals surface area contributed by atoms with Gasteiger partial charge in [-0.2, -0.15) is 0 Å². The molecule has 0 fully saturated rings. The van der Waals surface area contributed by atoms with Crippen molar-refractivity contribution >= 4 is 35.0 Å². The summed E-state index contributed by atoms with van der Waals surface area (Å²) in [5.74, 6) is -0.0560. The zero-order valence-electron chi connectivity index (χ0n) is 21.1. The van der Waals surface area contributed by atoms with E-state index in [2.05, 4.69) is 5.32 Å². The second-order valence-corrected chi connectivity index (χ2v) is 10.2. The summed E-state index contributed by atoms with van der Waals surface area (Å²) < 4.78 is 0. The van der Waals surface area contributed by atoms with Gasteiger partial charge in [-0.05, 0) is 41.2 Å². The van der Waals surface area contributed by atoms with Gasteiger partial charge in [0.25, 0.3) is 0 Å². The third-order valence-corrected chi connectivity index (χ3v) is 6.93. The van der Waals surface area contributed by atoms with Crippen molar-refractivity contribution in [2.24, 2.45) is 5.92 Å². The highest BCUT2D eigenvalue weighted by Crippen LogP contribution is 2.30. The molecule has 36 heavy (non-hydrogen) atoms. The number of hydrogen-bond acceptors (Lipinski definition) is 2. The smallest absolute Gasteiger partial charge is 0.242 e. The largest absolute Gasteiger partial charge is 0.354 e. The zero-order chi connectivity index (χ0) is 26.1. The highest BCUT2D eigenvalue weighted by molar-refractivity contribution is 6.42. The van der Waals surface area contributed by atoms with E-state index in [1.807, 2.05) is 87.5 Å². The molecule has 4 nitrogen and oxygen atoms in total. The Bertz CT molecular complexity index is 1100. The van der Waals surface area contributed by atoms with Gasteiger partial charge >= 0.3 is 0 Å². The SMILES string of the molecule is CC[C@H](C(=O)NCC(C)C)N(Cc1ccc(Cl)c(Cl)c1)C(=O)CC(c1ccccc1)c1ccccc1. The molecule has 0 aliphatic carbocycles. The van der Waals surface area contributed by atoms with Crippen LogP contribution in [0.25, 0.3) is 0 Å². The van der Waals surface area contributed by atoms with Crippen molar-refractivity contribution in [2.45, 2.75) is 52.1 Å². The monoisotopic (exact) mass is 524 g/mol. The second-order valence-electron chi connectivity index (χ2n) is 9.41. The fourth-order valence-corrected chi connectivity index (χ4v) is 4.59. The summed E-state index contributed by atoms with van der Waals surface area (Å²) in [6, 6.07) is 24.8. The van der Waals surface area contributed by atoms with Crippen LogP contribution < -0.4 is 5.32 Å². The van der Waals surface area contributed by atoms with E-state index in [4.69, 9.17) is 23.2 Å². The summed E-state index contributed by atoms with van der Waals surface area (Å²) in [6.07, 6.45) is 0.738. The van der Waals surface area contributed by atoms with E-state index in [0.717, 1.165) is 16.7 Å². The van der Waals surface area contributed by atoms with Crippen LogP contribution in [-0.2, 0) is 16.1 Å². The summed E-state index contributed by atoms with van der Waals surface area (Å²) in [6.45, 7) is 6.84. The first-order valence-corrected chi connectivity index (χ1v) is 13.2. The number of carbonyl (C=O) groups is 2. The molecule has 0 saturated carbocycles. The molecular formula is C30H34Cl2N2O2. The minimum absolute atomic E-state index is 0.0923. The molecule has 0 saturated heterocycles. The number of benzene rings is 3. The minimum atomic E-state index is -0.599. The topological polar surface area (TPSA) is 49.4 Å². The summed E-state index contributed by atoms with van der Waals surface area (Å²) >= 11 is 12.4. The maximum absolute atomic E-state index is 14.0. The van der Waals surface area contributed by atoms with Gasteiger partial charge in [-0.15, -0.1) is 0 Å². The van der Waals surface area contributed by atoms with E-state index >= 15 is 0 Å². The van der Waals surface area contributed by atoms with Crippen molar-refractivity contribution in [3.05, 3.63) is 106 Å². The molecule has 1 atom stereocenters. The number of nitrogens with zero attached hydrogens (tertiary/aromatic N) is 1.